The highest BCUT2D eigenvalue weighted by Gasteiger charge is 2.30. The predicted molar refractivity (Wildman–Crippen MR) is 113 cm³/mol. The summed E-state index contributed by atoms with van der Waals surface area (Å²) in [7, 11) is 0. The summed E-state index contributed by atoms with van der Waals surface area (Å²) in [5.41, 5.74) is 3.42. The molecule has 3 rings (SSSR count). The second-order valence-corrected chi connectivity index (χ2v) is 7.95. The minimum Gasteiger partial charge on any atom is -0.447 e. The Morgan fingerprint density at radius 2 is 1.72 bits per heavy atom. The third-order valence-electron chi connectivity index (χ3n) is 5.16. The van der Waals surface area contributed by atoms with Gasteiger partial charge >= 0.3 is 5.97 Å². The molecule has 6 nitrogen and oxygen atoms in total. The van der Waals surface area contributed by atoms with Crippen molar-refractivity contribution in [1.82, 2.24) is 14.9 Å². The number of aromatic nitrogens is 2. The Morgan fingerprint density at radius 1 is 1.10 bits per heavy atom. The smallest absolute Gasteiger partial charge is 0.307 e. The van der Waals surface area contributed by atoms with Crippen LogP contribution in [0.5, 0.6) is 0 Å². The van der Waals surface area contributed by atoms with Crippen LogP contribution in [-0.4, -0.2) is 46.1 Å². The number of likely N-dealkylation sites (tertiary alicyclic amines) is 1. The van der Waals surface area contributed by atoms with E-state index in [0.717, 1.165) is 48.0 Å². The van der Waals surface area contributed by atoms with Gasteiger partial charge in [-0.3, -0.25) is 9.59 Å². The average molecular weight is 414 g/mol. The maximum absolute atomic E-state index is 13.0. The predicted octanol–water partition coefficient (Wildman–Crippen LogP) is 3.65. The van der Waals surface area contributed by atoms with E-state index in [1.54, 1.807) is 4.90 Å². The fourth-order valence-electron chi connectivity index (χ4n) is 3.57. The van der Waals surface area contributed by atoms with Crippen molar-refractivity contribution in [1.29, 1.82) is 0 Å². The van der Waals surface area contributed by atoms with Gasteiger partial charge in [-0.1, -0.05) is 42.1 Å². The van der Waals surface area contributed by atoms with Crippen LogP contribution >= 0.6 is 11.8 Å². The fourth-order valence-corrected chi connectivity index (χ4v) is 4.03. The number of ether oxygens (including phenoxy) is 1. The summed E-state index contributed by atoms with van der Waals surface area (Å²) in [6.45, 7) is 5.30. The van der Waals surface area contributed by atoms with Gasteiger partial charge in [0.05, 0.1) is 0 Å². The lowest BCUT2D eigenvalue weighted by Gasteiger charge is -2.23. The number of amides is 1. The Kier molecular flexibility index (Phi) is 7.25. The Hall–Kier alpha value is -2.41. The van der Waals surface area contributed by atoms with E-state index in [-0.39, 0.29) is 18.3 Å². The summed E-state index contributed by atoms with van der Waals surface area (Å²) >= 11 is 1.50. The summed E-state index contributed by atoms with van der Waals surface area (Å²) in [4.78, 5) is 36.3. The van der Waals surface area contributed by atoms with Gasteiger partial charge in [0, 0.05) is 36.5 Å². The number of thioether (sulfide) groups is 1. The van der Waals surface area contributed by atoms with Gasteiger partial charge in [0.15, 0.2) is 5.16 Å². The minimum absolute atomic E-state index is 0.137. The van der Waals surface area contributed by atoms with Crippen LogP contribution < -0.4 is 0 Å². The molecule has 1 aliphatic rings. The molecule has 1 aromatic carbocycles. The van der Waals surface area contributed by atoms with Gasteiger partial charge in [0.25, 0.3) is 5.91 Å². The molecule has 1 aliphatic heterocycles. The molecular formula is C22H27N3O3S. The van der Waals surface area contributed by atoms with Gasteiger partial charge < -0.3 is 9.64 Å². The highest BCUT2D eigenvalue weighted by Crippen LogP contribution is 2.24. The largest absolute Gasteiger partial charge is 0.447 e. The lowest BCUT2D eigenvalue weighted by Crippen LogP contribution is -2.34. The first-order valence-corrected chi connectivity index (χ1v) is 11.1. The van der Waals surface area contributed by atoms with E-state index in [2.05, 4.69) is 9.97 Å². The number of hydrogen-bond acceptors (Lipinski definition) is 6. The van der Waals surface area contributed by atoms with Crippen LogP contribution in [0.25, 0.3) is 0 Å². The van der Waals surface area contributed by atoms with E-state index in [1.165, 1.54) is 11.8 Å². The number of benzene rings is 1. The Balaban J connectivity index is 1.69. The van der Waals surface area contributed by atoms with E-state index in [9.17, 15) is 9.59 Å². The van der Waals surface area contributed by atoms with Crippen LogP contribution in [-0.2, 0) is 20.7 Å². The number of nitrogens with zero attached hydrogens (tertiary/aromatic N) is 3. The van der Waals surface area contributed by atoms with Crippen LogP contribution in [0, 0.1) is 13.8 Å². The summed E-state index contributed by atoms with van der Waals surface area (Å²) in [6, 6.07) is 9.24. The molecule has 0 bridgehead atoms. The maximum atomic E-state index is 13.0. The van der Waals surface area contributed by atoms with E-state index in [0.29, 0.717) is 12.0 Å². The molecule has 1 aromatic heterocycles. The van der Waals surface area contributed by atoms with E-state index in [1.807, 2.05) is 50.4 Å². The molecule has 2 heterocycles. The van der Waals surface area contributed by atoms with Crippen molar-refractivity contribution in [2.45, 2.75) is 50.8 Å². The van der Waals surface area contributed by atoms with Crippen molar-refractivity contribution in [3.8, 4) is 0 Å². The molecule has 154 valence electrons. The van der Waals surface area contributed by atoms with Crippen LogP contribution in [0.3, 0.4) is 0 Å². The molecular weight excluding hydrogens is 386 g/mol. The molecule has 1 unspecified atom stereocenters. The number of esters is 1. The highest BCUT2D eigenvalue weighted by molar-refractivity contribution is 7.98. The van der Waals surface area contributed by atoms with Gasteiger partial charge in [0.2, 0.25) is 6.10 Å². The monoisotopic (exact) mass is 413 g/mol. The topological polar surface area (TPSA) is 72.4 Å². The minimum atomic E-state index is -0.890. The van der Waals surface area contributed by atoms with Crippen LogP contribution in [0.15, 0.2) is 35.5 Å². The molecule has 0 N–H and O–H groups in total. The fraction of sp³-hybridized carbons (Fsp3) is 0.455. The van der Waals surface area contributed by atoms with Crippen molar-refractivity contribution < 1.29 is 14.3 Å². The second kappa shape index (κ2) is 9.87. The summed E-state index contributed by atoms with van der Waals surface area (Å²) in [6.07, 6.45) is 3.70. The number of carbonyl (C=O) groups excluding carboxylic acids is 2. The Labute approximate surface area is 176 Å². The van der Waals surface area contributed by atoms with E-state index >= 15 is 0 Å². The van der Waals surface area contributed by atoms with Crippen molar-refractivity contribution in [2.24, 2.45) is 0 Å². The highest BCUT2D eigenvalue weighted by atomic mass is 32.2. The van der Waals surface area contributed by atoms with Gasteiger partial charge in [-0.05, 0) is 44.9 Å². The third-order valence-corrected chi connectivity index (χ3v) is 5.70. The zero-order chi connectivity index (χ0) is 20.8. The molecule has 0 saturated carbocycles. The molecule has 0 spiro atoms. The molecule has 0 radical (unpaired) electrons. The number of aryl methyl sites for hydroxylation is 2. The average Bonchev–Trinajstić information content (AvgIpc) is 3.26. The Bertz CT molecular complexity index is 844. The standard InChI is InChI=1S/C22H27N3O3S/c1-15-18(16(2)24-22(23-15)29-3)11-12-19(26)28-20(17-9-5-4-6-10-17)21(27)25-13-7-8-14-25/h4-6,9-10,20H,7-8,11-14H2,1-3H3. The van der Waals surface area contributed by atoms with Gasteiger partial charge in [-0.25, -0.2) is 9.97 Å². The lowest BCUT2D eigenvalue weighted by molar-refractivity contribution is -0.160. The van der Waals surface area contributed by atoms with Crippen LogP contribution in [0.1, 0.15) is 47.9 Å². The molecule has 7 heteroatoms. The van der Waals surface area contributed by atoms with Crippen LogP contribution in [0.4, 0.5) is 0 Å². The van der Waals surface area contributed by atoms with E-state index < -0.39 is 6.10 Å². The molecule has 1 fully saturated rings. The lowest BCUT2D eigenvalue weighted by atomic mass is 10.1. The van der Waals surface area contributed by atoms with Gasteiger partial charge in [0.1, 0.15) is 0 Å². The summed E-state index contributed by atoms with van der Waals surface area (Å²) in [5.74, 6) is -0.527. The first-order chi connectivity index (χ1) is 14.0. The summed E-state index contributed by atoms with van der Waals surface area (Å²) in [5, 5.41) is 0.728. The molecule has 2 aromatic rings. The SMILES string of the molecule is CSc1nc(C)c(CCC(=O)OC(C(=O)N2CCCC2)c2ccccc2)c(C)n1. The molecule has 1 saturated heterocycles. The normalized spacial score (nSPS) is 14.7. The van der Waals surface area contributed by atoms with Crippen molar-refractivity contribution in [2.75, 3.05) is 19.3 Å². The van der Waals surface area contributed by atoms with E-state index in [4.69, 9.17) is 4.74 Å². The van der Waals surface area contributed by atoms with Crippen molar-refractivity contribution in [3.63, 3.8) is 0 Å². The van der Waals surface area contributed by atoms with Gasteiger partial charge in [-0.2, -0.15) is 0 Å². The van der Waals surface area contributed by atoms with Crippen molar-refractivity contribution >= 4 is 23.6 Å². The van der Waals surface area contributed by atoms with Gasteiger partial charge in [-0.15, -0.1) is 0 Å². The Morgan fingerprint density at radius 3 is 2.31 bits per heavy atom. The first-order valence-electron chi connectivity index (χ1n) is 9.91. The quantitative estimate of drug-likeness (QED) is 0.392. The molecule has 0 aliphatic carbocycles. The maximum Gasteiger partial charge on any atom is 0.307 e. The summed E-state index contributed by atoms with van der Waals surface area (Å²) < 4.78 is 5.68. The zero-order valence-electron chi connectivity index (χ0n) is 17.2. The zero-order valence-corrected chi connectivity index (χ0v) is 18.0. The first kappa shape index (κ1) is 21.3. The molecule has 1 atom stereocenters. The molecule has 29 heavy (non-hydrogen) atoms. The van der Waals surface area contributed by atoms with Crippen LogP contribution in [0.2, 0.25) is 0 Å². The second-order valence-electron chi connectivity index (χ2n) is 7.17. The van der Waals surface area contributed by atoms with Crippen molar-refractivity contribution in [3.05, 3.63) is 52.8 Å². The third kappa shape index (κ3) is 5.35. The number of rotatable bonds is 7. The number of carbonyl (C=O) groups is 2. The molecule has 1 amide bonds. The number of hydrogen-bond donors (Lipinski definition) is 0.